The molecule has 0 saturated heterocycles. The van der Waals surface area contributed by atoms with Gasteiger partial charge in [0.25, 0.3) is 0 Å². The van der Waals surface area contributed by atoms with Crippen LogP contribution in [-0.4, -0.2) is 11.9 Å². The maximum Gasteiger partial charge on any atom is 0.237 e. The van der Waals surface area contributed by atoms with Crippen molar-refractivity contribution in [1.29, 1.82) is 0 Å². The second kappa shape index (κ2) is 6.03. The summed E-state index contributed by atoms with van der Waals surface area (Å²) in [5.74, 6) is 0.00914. The number of carbonyl (C=O) groups excluding carboxylic acids is 1. The van der Waals surface area contributed by atoms with E-state index in [0.29, 0.717) is 5.02 Å². The molecule has 0 fully saturated rings. The zero-order chi connectivity index (χ0) is 13.0. The van der Waals surface area contributed by atoms with Gasteiger partial charge in [-0.25, -0.2) is 0 Å². The van der Waals surface area contributed by atoms with Crippen molar-refractivity contribution in [3.05, 3.63) is 34.9 Å². The Morgan fingerprint density at radius 1 is 1.24 bits per heavy atom. The maximum atomic E-state index is 11.8. The van der Waals surface area contributed by atoms with Crippen molar-refractivity contribution < 1.29 is 4.79 Å². The van der Waals surface area contributed by atoms with Crippen molar-refractivity contribution in [1.82, 2.24) is 5.32 Å². The smallest absolute Gasteiger partial charge is 0.237 e. The summed E-state index contributed by atoms with van der Waals surface area (Å²) in [6.07, 6.45) is 0. The number of benzene rings is 1. The van der Waals surface area contributed by atoms with Gasteiger partial charge in [0.15, 0.2) is 0 Å². The highest BCUT2D eigenvalue weighted by molar-refractivity contribution is 6.30. The largest absolute Gasteiger partial charge is 0.348 e. The van der Waals surface area contributed by atoms with E-state index in [1.807, 2.05) is 45.0 Å². The first-order chi connectivity index (χ1) is 7.91. The standard InChI is InChI=1S/C13H19ClN2O/c1-8(2)12(15)13(17)16-9(3)10-4-6-11(14)7-5-10/h4-9,12H,15H2,1-3H3,(H,16,17)/t9-,12+/m1/s1. The molecule has 2 atom stereocenters. The summed E-state index contributed by atoms with van der Waals surface area (Å²) < 4.78 is 0. The molecule has 0 aromatic heterocycles. The van der Waals surface area contributed by atoms with Crippen LogP contribution in [0.4, 0.5) is 0 Å². The van der Waals surface area contributed by atoms with E-state index in [1.165, 1.54) is 0 Å². The van der Waals surface area contributed by atoms with Gasteiger partial charge >= 0.3 is 0 Å². The van der Waals surface area contributed by atoms with Crippen LogP contribution in [0.2, 0.25) is 5.02 Å². The summed E-state index contributed by atoms with van der Waals surface area (Å²) in [4.78, 5) is 11.8. The fourth-order valence-electron chi connectivity index (χ4n) is 1.45. The molecule has 0 unspecified atom stereocenters. The minimum atomic E-state index is -0.468. The Balaban J connectivity index is 2.63. The first-order valence-electron chi connectivity index (χ1n) is 5.73. The van der Waals surface area contributed by atoms with Crippen molar-refractivity contribution in [3.8, 4) is 0 Å². The third-order valence-electron chi connectivity index (χ3n) is 2.75. The SMILES string of the molecule is CC(C)[C@H](N)C(=O)N[C@H](C)c1ccc(Cl)cc1. The van der Waals surface area contributed by atoms with Crippen LogP contribution in [0.25, 0.3) is 0 Å². The molecule has 94 valence electrons. The summed E-state index contributed by atoms with van der Waals surface area (Å²) in [7, 11) is 0. The van der Waals surface area contributed by atoms with Gasteiger partial charge in [-0.05, 0) is 30.5 Å². The summed E-state index contributed by atoms with van der Waals surface area (Å²) in [5, 5.41) is 3.58. The maximum absolute atomic E-state index is 11.8. The van der Waals surface area contributed by atoms with Crippen LogP contribution in [0, 0.1) is 5.92 Å². The van der Waals surface area contributed by atoms with Crippen LogP contribution in [-0.2, 0) is 4.79 Å². The van der Waals surface area contributed by atoms with Gasteiger partial charge in [-0.2, -0.15) is 0 Å². The summed E-state index contributed by atoms with van der Waals surface area (Å²) >= 11 is 5.81. The second-order valence-corrected chi connectivity index (χ2v) is 4.99. The lowest BCUT2D eigenvalue weighted by Crippen LogP contribution is -2.44. The van der Waals surface area contributed by atoms with Gasteiger partial charge in [-0.15, -0.1) is 0 Å². The highest BCUT2D eigenvalue weighted by atomic mass is 35.5. The zero-order valence-electron chi connectivity index (χ0n) is 10.4. The van der Waals surface area contributed by atoms with Crippen molar-refractivity contribution in [3.63, 3.8) is 0 Å². The van der Waals surface area contributed by atoms with Crippen LogP contribution in [0.15, 0.2) is 24.3 Å². The first kappa shape index (κ1) is 14.0. The van der Waals surface area contributed by atoms with E-state index in [9.17, 15) is 4.79 Å². The minimum Gasteiger partial charge on any atom is -0.348 e. The Hall–Kier alpha value is -1.06. The zero-order valence-corrected chi connectivity index (χ0v) is 11.2. The first-order valence-corrected chi connectivity index (χ1v) is 6.11. The molecule has 4 heteroatoms. The number of hydrogen-bond donors (Lipinski definition) is 2. The lowest BCUT2D eigenvalue weighted by Gasteiger charge is -2.20. The average Bonchev–Trinajstić information content (AvgIpc) is 2.28. The quantitative estimate of drug-likeness (QED) is 0.868. The van der Waals surface area contributed by atoms with Gasteiger partial charge in [0, 0.05) is 5.02 Å². The topological polar surface area (TPSA) is 55.1 Å². The van der Waals surface area contributed by atoms with Crippen LogP contribution >= 0.6 is 11.6 Å². The molecule has 1 amide bonds. The number of rotatable bonds is 4. The van der Waals surface area contributed by atoms with E-state index < -0.39 is 6.04 Å². The van der Waals surface area contributed by atoms with Crippen molar-refractivity contribution >= 4 is 17.5 Å². The molecule has 3 nitrogen and oxygen atoms in total. The molecular weight excluding hydrogens is 236 g/mol. The Kier molecular flexibility index (Phi) is 4.97. The summed E-state index contributed by atoms with van der Waals surface area (Å²) in [5.41, 5.74) is 6.79. The molecule has 1 aromatic rings. The van der Waals surface area contributed by atoms with E-state index in [0.717, 1.165) is 5.56 Å². The van der Waals surface area contributed by atoms with Crippen LogP contribution in [0.1, 0.15) is 32.4 Å². The number of carbonyl (C=O) groups is 1. The summed E-state index contributed by atoms with van der Waals surface area (Å²) in [6, 6.07) is 6.88. The molecule has 0 spiro atoms. The number of nitrogens with one attached hydrogen (secondary N) is 1. The Morgan fingerprint density at radius 2 is 1.76 bits per heavy atom. The average molecular weight is 255 g/mol. The third-order valence-corrected chi connectivity index (χ3v) is 3.00. The fraction of sp³-hybridized carbons (Fsp3) is 0.462. The fourth-order valence-corrected chi connectivity index (χ4v) is 1.57. The predicted octanol–water partition coefficient (Wildman–Crippen LogP) is 2.50. The molecule has 1 rings (SSSR count). The van der Waals surface area contributed by atoms with Gasteiger partial charge in [-0.3, -0.25) is 4.79 Å². The van der Waals surface area contributed by atoms with Gasteiger partial charge < -0.3 is 11.1 Å². The van der Waals surface area contributed by atoms with Crippen LogP contribution < -0.4 is 11.1 Å². The van der Waals surface area contributed by atoms with Gasteiger partial charge in [0.2, 0.25) is 5.91 Å². The van der Waals surface area contributed by atoms with Crippen molar-refractivity contribution in [2.24, 2.45) is 11.7 Å². The number of hydrogen-bond acceptors (Lipinski definition) is 2. The molecule has 0 saturated carbocycles. The van der Waals surface area contributed by atoms with E-state index in [-0.39, 0.29) is 17.9 Å². The minimum absolute atomic E-state index is 0.0652. The molecule has 0 radical (unpaired) electrons. The third kappa shape index (κ3) is 4.02. The van der Waals surface area contributed by atoms with E-state index >= 15 is 0 Å². The highest BCUT2D eigenvalue weighted by Gasteiger charge is 2.19. The lowest BCUT2D eigenvalue weighted by atomic mass is 10.0. The van der Waals surface area contributed by atoms with E-state index in [4.69, 9.17) is 17.3 Å². The molecule has 17 heavy (non-hydrogen) atoms. The Morgan fingerprint density at radius 3 is 2.24 bits per heavy atom. The molecule has 0 aliphatic carbocycles. The van der Waals surface area contributed by atoms with E-state index in [1.54, 1.807) is 0 Å². The summed E-state index contributed by atoms with van der Waals surface area (Å²) in [6.45, 7) is 5.78. The van der Waals surface area contributed by atoms with Gasteiger partial charge in [0.05, 0.1) is 12.1 Å². The lowest BCUT2D eigenvalue weighted by molar-refractivity contribution is -0.123. The molecule has 1 aromatic carbocycles. The predicted molar refractivity (Wildman–Crippen MR) is 70.8 cm³/mol. The normalized spacial score (nSPS) is 14.5. The van der Waals surface area contributed by atoms with Crippen molar-refractivity contribution in [2.75, 3.05) is 0 Å². The number of halogens is 1. The highest BCUT2D eigenvalue weighted by Crippen LogP contribution is 2.16. The molecule has 0 heterocycles. The number of nitrogens with two attached hydrogens (primary N) is 1. The monoisotopic (exact) mass is 254 g/mol. The molecule has 3 N–H and O–H groups in total. The number of amides is 1. The van der Waals surface area contributed by atoms with Gasteiger partial charge in [0.1, 0.15) is 0 Å². The second-order valence-electron chi connectivity index (χ2n) is 4.55. The molecule has 0 aliphatic rings. The van der Waals surface area contributed by atoms with Crippen molar-refractivity contribution in [2.45, 2.75) is 32.9 Å². The van der Waals surface area contributed by atoms with Crippen LogP contribution in [0.3, 0.4) is 0 Å². The van der Waals surface area contributed by atoms with Gasteiger partial charge in [-0.1, -0.05) is 37.6 Å². The van der Waals surface area contributed by atoms with Crippen LogP contribution in [0.5, 0.6) is 0 Å². The molecule has 0 aliphatic heterocycles. The Labute approximate surface area is 107 Å². The Bertz CT molecular complexity index is 376. The molecular formula is C13H19ClN2O. The molecule has 0 bridgehead atoms. The van der Waals surface area contributed by atoms with E-state index in [2.05, 4.69) is 5.32 Å².